The maximum Gasteiger partial charge on any atom is 0.135 e. The predicted molar refractivity (Wildman–Crippen MR) is 217 cm³/mol. The first-order valence-electron chi connectivity index (χ1n) is 17.8. The van der Waals surface area contributed by atoms with Gasteiger partial charge < -0.3 is 18.5 Å². The fraction of sp³-hybridized carbons (Fsp3) is 0. The van der Waals surface area contributed by atoms with Crippen LogP contribution in [-0.4, -0.2) is 9.13 Å². The summed E-state index contributed by atoms with van der Waals surface area (Å²) < 4.78 is 25.6. The Morgan fingerprint density at radius 3 is 1.64 bits per heavy atom. The van der Waals surface area contributed by atoms with Gasteiger partial charge in [0.05, 0.1) is 22.1 Å². The standard InChI is InChI=1S/C48H30FN3O/c49-31-19-24-44-40(27-31)38-23-20-36(30-46(38)52(44)33-13-5-2-6-14-33)50(35-22-26-48-42(29-35)39-16-8-10-18-47(39)53-48)34-21-25-45-41(28-34)37-15-7-9-17-43(37)51(45)32-11-3-1-4-12-32/h1-30H. The van der Waals surface area contributed by atoms with E-state index in [2.05, 4.69) is 147 Å². The van der Waals surface area contributed by atoms with Gasteiger partial charge in [0.25, 0.3) is 0 Å². The second kappa shape index (κ2) is 11.5. The summed E-state index contributed by atoms with van der Waals surface area (Å²) in [4.78, 5) is 2.32. The van der Waals surface area contributed by atoms with Gasteiger partial charge in [-0.2, -0.15) is 0 Å². The molecule has 0 aliphatic carbocycles. The van der Waals surface area contributed by atoms with Crippen LogP contribution in [0.2, 0.25) is 0 Å². The number of nitrogens with zero attached hydrogens (tertiary/aromatic N) is 3. The van der Waals surface area contributed by atoms with Crippen LogP contribution in [0.15, 0.2) is 186 Å². The third-order valence-electron chi connectivity index (χ3n) is 10.5. The van der Waals surface area contributed by atoms with E-state index in [4.69, 9.17) is 4.42 Å². The zero-order chi connectivity index (χ0) is 35.0. The Bertz CT molecular complexity index is 3190. The van der Waals surface area contributed by atoms with Crippen molar-refractivity contribution in [2.45, 2.75) is 0 Å². The number of hydrogen-bond donors (Lipinski definition) is 0. The molecule has 0 saturated carbocycles. The molecule has 250 valence electrons. The Labute approximate surface area is 303 Å². The number of furan rings is 1. The number of hydrogen-bond acceptors (Lipinski definition) is 2. The molecule has 3 heterocycles. The van der Waals surface area contributed by atoms with Crippen molar-refractivity contribution in [1.82, 2.24) is 9.13 Å². The second-order valence-electron chi connectivity index (χ2n) is 13.5. The summed E-state index contributed by atoms with van der Waals surface area (Å²) in [5, 5.41) is 6.35. The van der Waals surface area contributed by atoms with E-state index in [-0.39, 0.29) is 5.82 Å². The van der Waals surface area contributed by atoms with E-state index in [1.54, 1.807) is 12.1 Å². The van der Waals surface area contributed by atoms with Gasteiger partial charge in [0, 0.05) is 60.8 Å². The highest BCUT2D eigenvalue weighted by Gasteiger charge is 2.21. The molecular weight excluding hydrogens is 654 g/mol. The van der Waals surface area contributed by atoms with E-state index >= 15 is 0 Å². The molecule has 0 atom stereocenters. The lowest BCUT2D eigenvalue weighted by Crippen LogP contribution is -2.10. The summed E-state index contributed by atoms with van der Waals surface area (Å²) in [5.41, 5.74) is 11.1. The van der Waals surface area contributed by atoms with Crippen LogP contribution in [0.25, 0.3) is 76.9 Å². The predicted octanol–water partition coefficient (Wildman–Crippen LogP) is 13.4. The molecule has 0 saturated heterocycles. The number of halogens is 1. The van der Waals surface area contributed by atoms with Gasteiger partial charge in [0.1, 0.15) is 17.0 Å². The summed E-state index contributed by atoms with van der Waals surface area (Å²) in [5.74, 6) is -0.251. The maximum absolute atomic E-state index is 14.8. The average molecular weight is 684 g/mol. The lowest BCUT2D eigenvalue weighted by atomic mass is 10.1. The van der Waals surface area contributed by atoms with Crippen LogP contribution in [0, 0.1) is 5.82 Å². The van der Waals surface area contributed by atoms with Crippen molar-refractivity contribution < 1.29 is 8.81 Å². The molecule has 0 aliphatic rings. The second-order valence-corrected chi connectivity index (χ2v) is 13.5. The minimum atomic E-state index is -0.251. The van der Waals surface area contributed by atoms with Gasteiger partial charge in [-0.05, 0) is 103 Å². The number of aromatic nitrogens is 2. The average Bonchev–Trinajstić information content (AvgIpc) is 3.85. The quantitative estimate of drug-likeness (QED) is 0.180. The smallest absolute Gasteiger partial charge is 0.135 e. The summed E-state index contributed by atoms with van der Waals surface area (Å²) in [7, 11) is 0. The zero-order valence-electron chi connectivity index (χ0n) is 28.4. The molecule has 0 bridgehead atoms. The fourth-order valence-corrected chi connectivity index (χ4v) is 8.23. The summed E-state index contributed by atoms with van der Waals surface area (Å²) in [6, 6.07) is 62.4. The Kier molecular flexibility index (Phi) is 6.40. The van der Waals surface area contributed by atoms with Crippen LogP contribution in [-0.2, 0) is 0 Å². The van der Waals surface area contributed by atoms with Gasteiger partial charge in [0.15, 0.2) is 0 Å². The van der Waals surface area contributed by atoms with Crippen molar-refractivity contribution in [3.05, 3.63) is 188 Å². The Balaban J connectivity index is 1.20. The number of benzene rings is 8. The largest absolute Gasteiger partial charge is 0.456 e. The molecule has 3 aromatic heterocycles. The van der Waals surface area contributed by atoms with Crippen LogP contribution in [0.1, 0.15) is 0 Å². The van der Waals surface area contributed by atoms with E-state index < -0.39 is 0 Å². The van der Waals surface area contributed by atoms with Crippen molar-refractivity contribution in [2.75, 3.05) is 4.90 Å². The Morgan fingerprint density at radius 1 is 0.358 bits per heavy atom. The molecule has 0 radical (unpaired) electrons. The highest BCUT2D eigenvalue weighted by Crippen LogP contribution is 2.43. The summed E-state index contributed by atoms with van der Waals surface area (Å²) in [6.07, 6.45) is 0. The first-order valence-corrected chi connectivity index (χ1v) is 17.8. The molecule has 11 rings (SSSR count). The molecule has 0 aliphatic heterocycles. The van der Waals surface area contributed by atoms with E-state index in [9.17, 15) is 4.39 Å². The van der Waals surface area contributed by atoms with Gasteiger partial charge in [-0.3, -0.25) is 0 Å². The molecule has 5 heteroatoms. The van der Waals surface area contributed by atoms with Gasteiger partial charge in [-0.1, -0.05) is 78.9 Å². The van der Waals surface area contributed by atoms with Crippen molar-refractivity contribution in [3.63, 3.8) is 0 Å². The normalized spacial score (nSPS) is 11.9. The first-order chi connectivity index (χ1) is 26.2. The zero-order valence-corrected chi connectivity index (χ0v) is 28.4. The van der Waals surface area contributed by atoms with Crippen LogP contribution >= 0.6 is 0 Å². The Hall–Kier alpha value is -7.11. The Morgan fingerprint density at radius 2 is 0.868 bits per heavy atom. The van der Waals surface area contributed by atoms with E-state index in [0.717, 1.165) is 88.6 Å². The van der Waals surface area contributed by atoms with Crippen molar-refractivity contribution in [3.8, 4) is 11.4 Å². The van der Waals surface area contributed by atoms with E-state index in [1.165, 1.54) is 5.39 Å². The molecule has 0 N–H and O–H groups in total. The first kappa shape index (κ1) is 29.6. The van der Waals surface area contributed by atoms with Crippen LogP contribution in [0.3, 0.4) is 0 Å². The lowest BCUT2D eigenvalue weighted by molar-refractivity contribution is 0.629. The van der Waals surface area contributed by atoms with Gasteiger partial charge in [-0.25, -0.2) is 4.39 Å². The maximum atomic E-state index is 14.8. The van der Waals surface area contributed by atoms with Crippen LogP contribution in [0.5, 0.6) is 0 Å². The molecule has 0 fully saturated rings. The number of rotatable bonds is 5. The molecule has 11 aromatic rings. The molecule has 0 unspecified atom stereocenters. The summed E-state index contributed by atoms with van der Waals surface area (Å²) in [6.45, 7) is 0. The van der Waals surface area contributed by atoms with Crippen molar-refractivity contribution in [2.24, 2.45) is 0 Å². The van der Waals surface area contributed by atoms with Crippen molar-refractivity contribution >= 4 is 82.6 Å². The third kappa shape index (κ3) is 4.54. The van der Waals surface area contributed by atoms with E-state index in [0.29, 0.717) is 0 Å². The van der Waals surface area contributed by atoms with Gasteiger partial charge in [-0.15, -0.1) is 0 Å². The number of fused-ring (bicyclic) bond motifs is 9. The van der Waals surface area contributed by atoms with Gasteiger partial charge >= 0.3 is 0 Å². The topological polar surface area (TPSA) is 26.2 Å². The van der Waals surface area contributed by atoms with Crippen LogP contribution in [0.4, 0.5) is 21.5 Å². The monoisotopic (exact) mass is 683 g/mol. The number of anilines is 3. The van der Waals surface area contributed by atoms with Gasteiger partial charge in [0.2, 0.25) is 0 Å². The minimum absolute atomic E-state index is 0.251. The highest BCUT2D eigenvalue weighted by atomic mass is 19.1. The molecule has 4 nitrogen and oxygen atoms in total. The SMILES string of the molecule is Fc1ccc2c(c1)c1ccc(N(c3ccc4oc5ccccc5c4c3)c3ccc4c(c3)c3ccccc3n4-c3ccccc3)cc1n2-c1ccccc1. The molecule has 0 spiro atoms. The number of para-hydroxylation sites is 4. The minimum Gasteiger partial charge on any atom is -0.456 e. The molecule has 8 aromatic carbocycles. The van der Waals surface area contributed by atoms with Crippen molar-refractivity contribution in [1.29, 1.82) is 0 Å². The van der Waals surface area contributed by atoms with Crippen LogP contribution < -0.4 is 4.90 Å². The fourth-order valence-electron chi connectivity index (χ4n) is 8.23. The molecular formula is C48H30FN3O. The third-order valence-corrected chi connectivity index (χ3v) is 10.5. The summed E-state index contributed by atoms with van der Waals surface area (Å²) >= 11 is 0. The highest BCUT2D eigenvalue weighted by molar-refractivity contribution is 6.13. The molecule has 53 heavy (non-hydrogen) atoms. The lowest BCUT2D eigenvalue weighted by Gasteiger charge is -2.26. The molecule has 0 amide bonds. The van der Waals surface area contributed by atoms with E-state index in [1.807, 2.05) is 36.4 Å².